The van der Waals surface area contributed by atoms with Gasteiger partial charge in [0.05, 0.1) is 31.0 Å². The average Bonchev–Trinajstić information content (AvgIpc) is 2.46. The van der Waals surface area contributed by atoms with Crippen LogP contribution in [0.1, 0.15) is 0 Å². The van der Waals surface area contributed by atoms with Gasteiger partial charge in [-0.15, -0.1) is 0 Å². The van der Waals surface area contributed by atoms with Gasteiger partial charge in [0.2, 0.25) is 0 Å². The first-order chi connectivity index (χ1) is 12.5. The first kappa shape index (κ1) is 28.3. The molecule has 0 aliphatic rings. The number of rotatable bonds is 16. The fraction of sp³-hybridized carbons (Fsp3) is 0.643. The Morgan fingerprint density at radius 3 is 1.07 bits per heavy atom. The molecule has 0 saturated carbocycles. The van der Waals surface area contributed by atoms with Crippen LogP contribution in [0.25, 0.3) is 0 Å². The van der Waals surface area contributed by atoms with E-state index in [0.29, 0.717) is 0 Å². The summed E-state index contributed by atoms with van der Waals surface area (Å²) in [6, 6.07) is 0. The van der Waals surface area contributed by atoms with Crippen LogP contribution in [0.3, 0.4) is 0 Å². The van der Waals surface area contributed by atoms with Crippen LogP contribution < -0.4 is 15.3 Å². The molecule has 0 heterocycles. The molecule has 2 N–H and O–H groups in total. The van der Waals surface area contributed by atoms with Crippen molar-refractivity contribution in [3.05, 3.63) is 0 Å². The van der Waals surface area contributed by atoms with Crippen molar-refractivity contribution >= 4 is 55.7 Å². The van der Waals surface area contributed by atoms with E-state index in [1.54, 1.807) is 0 Å². The molecule has 0 aliphatic heterocycles. The molecule has 0 aromatic heterocycles. The van der Waals surface area contributed by atoms with E-state index in [2.05, 4.69) is 0 Å². The van der Waals surface area contributed by atoms with Gasteiger partial charge in [0, 0.05) is 45.8 Å². The standard InChI is InChI=1S/C14H23N3O10.In/c18-10(19)5-15(1-3-16(6-11(20)21)7-12(22)23)2-4-17(8-13(24)25)9-14(26)27;/h1-9H2,(H,18,19)(H,20,21)(H,22,23)(H,24,25)(H,26,27);/q;+3/p-3. The molecule has 0 rings (SSSR count). The summed E-state index contributed by atoms with van der Waals surface area (Å²) in [5.41, 5.74) is 0. The number of carboxylic acid groups (broad SMARTS) is 5. The molecule has 0 atom stereocenters. The molecule has 0 aliphatic carbocycles. The van der Waals surface area contributed by atoms with Crippen molar-refractivity contribution in [2.24, 2.45) is 0 Å². The second-order valence-corrected chi connectivity index (χ2v) is 5.60. The molecular weight excluding hydrogens is 485 g/mol. The minimum Gasteiger partial charge on any atom is -0.549 e. The second-order valence-electron chi connectivity index (χ2n) is 5.60. The fourth-order valence-electron chi connectivity index (χ4n) is 2.19. The summed E-state index contributed by atoms with van der Waals surface area (Å²) in [5.74, 6) is -7.06. The van der Waals surface area contributed by atoms with Crippen LogP contribution in [-0.2, 0) is 24.0 Å². The Bertz CT molecular complexity index is 487. The van der Waals surface area contributed by atoms with Crippen LogP contribution in [0.15, 0.2) is 0 Å². The molecule has 0 bridgehead atoms. The van der Waals surface area contributed by atoms with E-state index in [1.165, 1.54) is 4.90 Å². The molecule has 28 heavy (non-hydrogen) atoms. The van der Waals surface area contributed by atoms with E-state index in [9.17, 15) is 39.3 Å². The van der Waals surface area contributed by atoms with Crippen molar-refractivity contribution in [1.82, 2.24) is 14.7 Å². The predicted octanol–water partition coefficient (Wildman–Crippen LogP) is -7.07. The van der Waals surface area contributed by atoms with Gasteiger partial charge >= 0.3 is 37.8 Å². The minimum atomic E-state index is -1.53. The van der Waals surface area contributed by atoms with E-state index >= 15 is 0 Å². The summed E-state index contributed by atoms with van der Waals surface area (Å²) in [4.78, 5) is 56.9. The summed E-state index contributed by atoms with van der Waals surface area (Å²) >= 11 is 0. The van der Waals surface area contributed by atoms with Crippen molar-refractivity contribution < 1.29 is 49.5 Å². The summed E-state index contributed by atoms with van der Waals surface area (Å²) in [6.45, 7) is -3.60. The van der Waals surface area contributed by atoms with E-state index in [0.717, 1.165) is 9.80 Å². The van der Waals surface area contributed by atoms with E-state index in [1.807, 2.05) is 0 Å². The topological polar surface area (TPSA) is 205 Å². The quantitative estimate of drug-likeness (QED) is 0.200. The average molecular weight is 505 g/mol. The van der Waals surface area contributed by atoms with Gasteiger partial charge in [0.1, 0.15) is 0 Å². The molecule has 14 heteroatoms. The maximum absolute atomic E-state index is 10.8. The summed E-state index contributed by atoms with van der Waals surface area (Å²) in [6.07, 6.45) is 0. The van der Waals surface area contributed by atoms with E-state index in [4.69, 9.17) is 10.2 Å². The van der Waals surface area contributed by atoms with Gasteiger partial charge in [0.25, 0.3) is 0 Å². The van der Waals surface area contributed by atoms with Gasteiger partial charge in [-0.3, -0.25) is 24.3 Å². The van der Waals surface area contributed by atoms with E-state index < -0.39 is 62.6 Å². The van der Waals surface area contributed by atoms with Gasteiger partial charge < -0.3 is 39.9 Å². The number of carbonyl (C=O) groups is 5. The monoisotopic (exact) mass is 505 g/mol. The Balaban J connectivity index is 0. The molecule has 13 nitrogen and oxygen atoms in total. The van der Waals surface area contributed by atoms with Crippen LogP contribution in [0.4, 0.5) is 0 Å². The number of carboxylic acids is 5. The Morgan fingerprint density at radius 2 is 0.786 bits per heavy atom. The Labute approximate surface area is 178 Å². The van der Waals surface area contributed by atoms with Crippen molar-refractivity contribution in [2.75, 3.05) is 58.9 Å². The Morgan fingerprint density at radius 1 is 0.536 bits per heavy atom. The number of aliphatic carboxylic acids is 5. The molecule has 0 saturated heterocycles. The molecule has 0 aromatic carbocycles. The predicted molar refractivity (Wildman–Crippen MR) is 85.4 cm³/mol. The number of hydrogen-bond acceptors (Lipinski definition) is 11. The smallest absolute Gasteiger partial charge is 0.549 e. The van der Waals surface area contributed by atoms with Gasteiger partial charge in [-0.05, 0) is 0 Å². The normalized spacial score (nSPS) is 10.7. The second kappa shape index (κ2) is 15.1. The van der Waals surface area contributed by atoms with Crippen molar-refractivity contribution in [2.45, 2.75) is 0 Å². The zero-order valence-corrected chi connectivity index (χ0v) is 18.2. The first-order valence-electron chi connectivity index (χ1n) is 7.69. The molecular formula is C14H20InN3O10. The molecule has 0 amide bonds. The summed E-state index contributed by atoms with van der Waals surface area (Å²) in [5, 5.41) is 49.6. The largest absolute Gasteiger partial charge is 3.00 e. The third-order valence-electron chi connectivity index (χ3n) is 3.24. The van der Waals surface area contributed by atoms with E-state index in [-0.39, 0.29) is 52.0 Å². The number of hydrogen-bond donors (Lipinski definition) is 2. The molecule has 154 valence electrons. The van der Waals surface area contributed by atoms with Crippen molar-refractivity contribution in [1.29, 1.82) is 0 Å². The maximum atomic E-state index is 10.8. The summed E-state index contributed by atoms with van der Waals surface area (Å²) in [7, 11) is 0. The van der Waals surface area contributed by atoms with Crippen LogP contribution in [-0.4, -0.2) is 140 Å². The van der Waals surface area contributed by atoms with Crippen molar-refractivity contribution in [3.63, 3.8) is 0 Å². The first-order valence-corrected chi connectivity index (χ1v) is 7.69. The number of carbonyl (C=O) groups excluding carboxylic acids is 3. The van der Waals surface area contributed by atoms with Gasteiger partial charge in [-0.1, -0.05) is 0 Å². The maximum Gasteiger partial charge on any atom is 3.00 e. The number of nitrogens with zero attached hydrogens (tertiary/aromatic N) is 3. The van der Waals surface area contributed by atoms with Crippen molar-refractivity contribution in [3.8, 4) is 0 Å². The molecule has 0 radical (unpaired) electrons. The minimum absolute atomic E-state index is 0. The Hall–Kier alpha value is -1.90. The third-order valence-corrected chi connectivity index (χ3v) is 3.24. The zero-order chi connectivity index (χ0) is 21.0. The van der Waals surface area contributed by atoms with Crippen LogP contribution in [0, 0.1) is 0 Å². The zero-order valence-electron chi connectivity index (χ0n) is 14.9. The van der Waals surface area contributed by atoms with Gasteiger partial charge in [0.15, 0.2) is 0 Å². The SMILES string of the molecule is O=C([O-])CN(CCN(CC(=O)[O-])CC(=O)[O-])CCN(CC(=O)O)CC(=O)O.[In+3]. The fourth-order valence-corrected chi connectivity index (χ4v) is 2.19. The van der Waals surface area contributed by atoms with Crippen LogP contribution in [0.5, 0.6) is 0 Å². The van der Waals surface area contributed by atoms with Crippen LogP contribution >= 0.6 is 0 Å². The Kier molecular flexibility index (Phi) is 15.2. The molecule has 0 fully saturated rings. The molecule has 0 aromatic rings. The van der Waals surface area contributed by atoms with Gasteiger partial charge in [-0.2, -0.15) is 0 Å². The van der Waals surface area contributed by atoms with Crippen LogP contribution in [0.2, 0.25) is 0 Å². The molecule has 0 unspecified atom stereocenters. The molecule has 0 spiro atoms. The third kappa shape index (κ3) is 16.3. The summed E-state index contributed by atoms with van der Waals surface area (Å²) < 4.78 is 0. The van der Waals surface area contributed by atoms with Gasteiger partial charge in [-0.25, -0.2) is 0 Å².